The van der Waals surface area contributed by atoms with E-state index in [9.17, 15) is 36.2 Å². The average Bonchev–Trinajstić information content (AvgIpc) is 2.93. The highest BCUT2D eigenvalue weighted by molar-refractivity contribution is 5.71. The first-order valence-corrected chi connectivity index (χ1v) is 12.9. The Hall–Kier alpha value is -3.37. The number of carbonyl (C=O) groups is 1. The lowest BCUT2D eigenvalue weighted by Crippen LogP contribution is -2.65. The van der Waals surface area contributed by atoms with Crippen LogP contribution in [0.1, 0.15) is 40.2 Å². The van der Waals surface area contributed by atoms with E-state index >= 15 is 0 Å². The molecule has 0 aliphatic carbocycles. The minimum Gasteiger partial charge on any atom is -0.481 e. The van der Waals surface area contributed by atoms with Crippen molar-refractivity contribution >= 4 is 5.97 Å². The predicted molar refractivity (Wildman–Crippen MR) is 134 cm³/mol. The summed E-state index contributed by atoms with van der Waals surface area (Å²) in [5.41, 5.74) is -1.21. The Morgan fingerprint density at radius 1 is 0.875 bits per heavy atom. The molecule has 4 nitrogen and oxygen atoms in total. The molecule has 6 rings (SSSR count). The van der Waals surface area contributed by atoms with Gasteiger partial charge in [-0.1, -0.05) is 60.7 Å². The summed E-state index contributed by atoms with van der Waals surface area (Å²) in [7, 11) is 0. The van der Waals surface area contributed by atoms with Crippen molar-refractivity contribution in [2.75, 3.05) is 13.1 Å². The van der Waals surface area contributed by atoms with Crippen LogP contribution in [0, 0.1) is 11.8 Å². The summed E-state index contributed by atoms with van der Waals surface area (Å²) in [6.07, 6.45) is -10.2. The van der Waals surface area contributed by atoms with E-state index in [2.05, 4.69) is 0 Å². The number of rotatable bonds is 7. The van der Waals surface area contributed by atoms with E-state index in [0.29, 0.717) is 25.1 Å². The third-order valence-corrected chi connectivity index (χ3v) is 7.94. The van der Waals surface area contributed by atoms with E-state index in [-0.39, 0.29) is 30.1 Å². The summed E-state index contributed by atoms with van der Waals surface area (Å²) >= 11 is 0. The maximum absolute atomic E-state index is 13.5. The molecule has 10 heteroatoms. The Bertz CT molecular complexity index is 1260. The first-order chi connectivity index (χ1) is 18.9. The highest BCUT2D eigenvalue weighted by Gasteiger charge is 2.53. The first-order valence-electron chi connectivity index (χ1n) is 12.9. The zero-order chi connectivity index (χ0) is 28.7. The number of alkyl halides is 6. The maximum atomic E-state index is 13.5. The Kier molecular flexibility index (Phi) is 7.67. The summed E-state index contributed by atoms with van der Waals surface area (Å²) < 4.78 is 87.0. The molecular weight excluding hydrogens is 536 g/mol. The lowest BCUT2D eigenvalue weighted by Gasteiger charge is -2.55. The number of carboxylic acid groups (broad SMARTS) is 1. The van der Waals surface area contributed by atoms with Gasteiger partial charge in [-0.25, -0.2) is 0 Å². The van der Waals surface area contributed by atoms with Gasteiger partial charge >= 0.3 is 18.3 Å². The second kappa shape index (κ2) is 10.9. The average molecular weight is 564 g/mol. The van der Waals surface area contributed by atoms with E-state index in [1.165, 1.54) is 0 Å². The summed E-state index contributed by atoms with van der Waals surface area (Å²) in [6.45, 7) is 0.362. The minimum absolute atomic E-state index is 0.0852. The SMILES string of the molecule is O=C(O)[C@@H]1CN2CC[C@H]1[C@H](OCc1cc(C(F)(F)F)cc(C(F)(F)F)c1)[C@H]2C(c1ccccc1)c1ccccc1. The quantitative estimate of drug-likeness (QED) is 0.320. The van der Waals surface area contributed by atoms with Gasteiger partial charge in [0.1, 0.15) is 0 Å². The largest absolute Gasteiger partial charge is 0.481 e. The molecule has 5 atom stereocenters. The highest BCUT2D eigenvalue weighted by Crippen LogP contribution is 2.46. The van der Waals surface area contributed by atoms with Gasteiger partial charge in [-0.2, -0.15) is 26.3 Å². The van der Waals surface area contributed by atoms with Crippen LogP contribution in [0.15, 0.2) is 78.9 Å². The van der Waals surface area contributed by atoms with Gasteiger partial charge in [-0.15, -0.1) is 0 Å². The topological polar surface area (TPSA) is 49.8 Å². The predicted octanol–water partition coefficient (Wildman–Crippen LogP) is 6.85. The van der Waals surface area contributed by atoms with Crippen LogP contribution in [-0.4, -0.2) is 41.2 Å². The molecule has 0 spiro atoms. The highest BCUT2D eigenvalue weighted by atomic mass is 19.4. The Labute approximate surface area is 227 Å². The summed E-state index contributed by atoms with van der Waals surface area (Å²) in [4.78, 5) is 14.2. The van der Waals surface area contributed by atoms with Crippen molar-refractivity contribution in [3.05, 3.63) is 107 Å². The van der Waals surface area contributed by atoms with Gasteiger partial charge in [-0.05, 0) is 47.9 Å². The number of carboxylic acids is 1. The van der Waals surface area contributed by atoms with Crippen molar-refractivity contribution in [2.45, 2.75) is 43.4 Å². The normalized spacial score (nSPS) is 24.8. The van der Waals surface area contributed by atoms with Crippen LogP contribution >= 0.6 is 0 Å². The van der Waals surface area contributed by atoms with Crippen molar-refractivity contribution in [1.82, 2.24) is 4.90 Å². The van der Waals surface area contributed by atoms with Gasteiger partial charge in [0.15, 0.2) is 0 Å². The Balaban J connectivity index is 1.55. The number of nitrogens with zero attached hydrogens (tertiary/aromatic N) is 1. The van der Waals surface area contributed by atoms with Crippen molar-refractivity contribution in [3.8, 4) is 0 Å². The summed E-state index contributed by atoms with van der Waals surface area (Å²) in [5.74, 6) is -2.50. The molecule has 40 heavy (non-hydrogen) atoms. The van der Waals surface area contributed by atoms with Crippen LogP contribution in [0.25, 0.3) is 0 Å². The van der Waals surface area contributed by atoms with Gasteiger partial charge in [0.25, 0.3) is 0 Å². The van der Waals surface area contributed by atoms with Gasteiger partial charge < -0.3 is 9.84 Å². The molecule has 0 aromatic heterocycles. The number of aliphatic carboxylic acids is 1. The molecule has 3 heterocycles. The van der Waals surface area contributed by atoms with E-state index in [4.69, 9.17) is 4.74 Å². The molecule has 0 saturated carbocycles. The molecule has 3 aliphatic heterocycles. The van der Waals surface area contributed by atoms with Crippen molar-refractivity contribution in [1.29, 1.82) is 0 Å². The molecule has 0 amide bonds. The molecule has 3 aliphatic rings. The number of hydrogen-bond donors (Lipinski definition) is 1. The molecule has 3 aromatic carbocycles. The molecular formula is C30H27F6NO3. The maximum Gasteiger partial charge on any atom is 0.416 e. The van der Waals surface area contributed by atoms with E-state index < -0.39 is 54.0 Å². The zero-order valence-electron chi connectivity index (χ0n) is 21.2. The molecule has 212 valence electrons. The number of halogens is 6. The number of fused-ring (bicyclic) bond motifs is 3. The molecule has 3 saturated heterocycles. The molecule has 1 unspecified atom stereocenters. The molecule has 3 fully saturated rings. The summed E-state index contributed by atoms with van der Waals surface area (Å²) in [6, 6.07) is 20.1. The Morgan fingerprint density at radius 3 is 1.88 bits per heavy atom. The second-order valence-electron chi connectivity index (χ2n) is 10.4. The fraction of sp³-hybridized carbons (Fsp3) is 0.367. The van der Waals surface area contributed by atoms with E-state index in [0.717, 1.165) is 11.1 Å². The number of benzene rings is 3. The van der Waals surface area contributed by atoms with E-state index in [1.54, 1.807) is 0 Å². The number of piperidine rings is 3. The number of ether oxygens (including phenoxy) is 1. The minimum atomic E-state index is -4.98. The van der Waals surface area contributed by atoms with Gasteiger partial charge in [-0.3, -0.25) is 9.69 Å². The zero-order valence-corrected chi connectivity index (χ0v) is 21.2. The monoisotopic (exact) mass is 563 g/mol. The van der Waals surface area contributed by atoms with Gasteiger partial charge in [0.05, 0.1) is 29.8 Å². The lowest BCUT2D eigenvalue weighted by molar-refractivity contribution is -0.172. The van der Waals surface area contributed by atoms with E-state index in [1.807, 2.05) is 65.6 Å². The van der Waals surface area contributed by atoms with Crippen molar-refractivity contribution in [3.63, 3.8) is 0 Å². The van der Waals surface area contributed by atoms with Crippen LogP contribution in [0.4, 0.5) is 26.3 Å². The van der Waals surface area contributed by atoms with Crippen LogP contribution < -0.4 is 0 Å². The lowest BCUT2D eigenvalue weighted by atomic mass is 9.68. The van der Waals surface area contributed by atoms with Crippen molar-refractivity contribution < 1.29 is 41.0 Å². The molecule has 2 bridgehead atoms. The van der Waals surface area contributed by atoms with Crippen LogP contribution in [0.2, 0.25) is 0 Å². The standard InChI is InChI=1S/C30H27F6NO3/c31-29(32,33)21-13-18(14-22(15-21)30(34,35)36)17-40-27-23-11-12-37(16-24(23)28(38)39)26(27)25(19-7-3-1-4-8-19)20-9-5-2-6-10-20/h1-10,13-15,23-27H,11-12,16-17H2,(H,38,39)/t23-,24-,26-,27+/m1/s1. The fourth-order valence-corrected chi connectivity index (χ4v) is 6.21. The molecule has 0 radical (unpaired) electrons. The Morgan fingerprint density at radius 2 is 1.40 bits per heavy atom. The fourth-order valence-electron chi connectivity index (χ4n) is 6.21. The molecule has 3 aromatic rings. The first kappa shape index (κ1) is 28.2. The van der Waals surface area contributed by atoms with Crippen LogP contribution in [-0.2, 0) is 28.5 Å². The summed E-state index contributed by atoms with van der Waals surface area (Å²) in [5, 5.41) is 9.94. The van der Waals surface area contributed by atoms with Crippen LogP contribution in [0.5, 0.6) is 0 Å². The smallest absolute Gasteiger partial charge is 0.416 e. The molecule has 1 N–H and O–H groups in total. The number of hydrogen-bond acceptors (Lipinski definition) is 3. The van der Waals surface area contributed by atoms with Gasteiger partial charge in [0.2, 0.25) is 0 Å². The van der Waals surface area contributed by atoms with Gasteiger partial charge in [0, 0.05) is 24.4 Å². The third-order valence-electron chi connectivity index (χ3n) is 7.94. The third kappa shape index (κ3) is 5.74. The van der Waals surface area contributed by atoms with Crippen molar-refractivity contribution in [2.24, 2.45) is 11.8 Å². The van der Waals surface area contributed by atoms with Crippen LogP contribution in [0.3, 0.4) is 0 Å². The second-order valence-corrected chi connectivity index (χ2v) is 10.4.